The van der Waals surface area contributed by atoms with E-state index in [0.29, 0.717) is 0 Å². The zero-order chi connectivity index (χ0) is 5.70. The van der Waals surface area contributed by atoms with E-state index in [1.807, 2.05) is 0 Å². The van der Waals surface area contributed by atoms with Gasteiger partial charge in [-0.2, -0.15) is 9.65 Å². The van der Waals surface area contributed by atoms with Gasteiger partial charge in [0.15, 0.2) is 0 Å². The van der Waals surface area contributed by atoms with Gasteiger partial charge in [0.1, 0.15) is 0 Å². The summed E-state index contributed by atoms with van der Waals surface area (Å²) in [7, 11) is 0. The number of nitriles is 1. The normalized spacial score (nSPS) is 7.43. The Morgan fingerprint density at radius 3 is 2.57 bits per heavy atom. The average molecular weight is 101 g/mol. The molecule has 0 heterocycles. The van der Waals surface area contributed by atoms with Crippen molar-refractivity contribution in [3.05, 3.63) is 0 Å². The molecule has 0 aromatic heterocycles. The minimum Gasteiger partial charge on any atom is -0.261 e. The predicted octanol–water partition coefficient (Wildman–Crippen LogP) is 0.786. The summed E-state index contributed by atoms with van der Waals surface area (Å²) in [6, 6.07) is 0.223. The molecule has 0 aromatic carbocycles. The van der Waals surface area contributed by atoms with Crippen LogP contribution < -0.4 is 0 Å². The van der Waals surface area contributed by atoms with Crippen molar-refractivity contribution in [2.24, 2.45) is 0 Å². The van der Waals surface area contributed by atoms with Crippen LogP contribution in [-0.4, -0.2) is 6.04 Å². The Morgan fingerprint density at radius 2 is 2.43 bits per heavy atom. The molecule has 0 spiro atoms. The van der Waals surface area contributed by atoms with Crippen LogP contribution in [0.25, 0.3) is 0 Å². The van der Waals surface area contributed by atoms with E-state index < -0.39 is 6.04 Å². The molecule has 0 aliphatic heterocycles. The van der Waals surface area contributed by atoms with Crippen LogP contribution in [0.2, 0.25) is 0 Å². The standard InChI is InChI=1S/C4H4FNO/c5-4(7)2-1-3-6/h1-2H2. The number of hydrogen-bond donors (Lipinski definition) is 0. The lowest BCUT2D eigenvalue weighted by atomic mass is 10.4. The van der Waals surface area contributed by atoms with E-state index in [1.54, 1.807) is 6.07 Å². The predicted molar refractivity (Wildman–Crippen MR) is 21.0 cm³/mol. The van der Waals surface area contributed by atoms with E-state index in [2.05, 4.69) is 0 Å². The minimum atomic E-state index is -1.42. The van der Waals surface area contributed by atoms with Gasteiger partial charge in [0.2, 0.25) is 0 Å². The second kappa shape index (κ2) is 3.29. The lowest BCUT2D eigenvalue weighted by molar-refractivity contribution is -0.129. The SMILES string of the molecule is N#CCCC(=O)F. The van der Waals surface area contributed by atoms with Gasteiger partial charge in [-0.1, -0.05) is 0 Å². The van der Waals surface area contributed by atoms with Gasteiger partial charge in [-0.05, 0) is 0 Å². The summed E-state index contributed by atoms with van der Waals surface area (Å²) in [4.78, 5) is 9.38. The summed E-state index contributed by atoms with van der Waals surface area (Å²) in [5, 5.41) is 7.75. The van der Waals surface area contributed by atoms with Crippen molar-refractivity contribution >= 4 is 6.04 Å². The van der Waals surface area contributed by atoms with E-state index in [4.69, 9.17) is 5.26 Å². The van der Waals surface area contributed by atoms with Crippen LogP contribution in [0.4, 0.5) is 4.39 Å². The fourth-order valence-corrected chi connectivity index (χ4v) is 0.154. The van der Waals surface area contributed by atoms with E-state index in [1.165, 1.54) is 0 Å². The molecule has 0 fully saturated rings. The van der Waals surface area contributed by atoms with Gasteiger partial charge in [0, 0.05) is 6.42 Å². The first kappa shape index (κ1) is 6.09. The Bertz CT molecular complexity index is 105. The number of halogens is 1. The molecular weight excluding hydrogens is 97.0 g/mol. The summed E-state index contributed by atoms with van der Waals surface area (Å²) in [6.07, 6.45) is -0.286. The largest absolute Gasteiger partial charge is 0.302 e. The number of hydrogen-bond acceptors (Lipinski definition) is 2. The van der Waals surface area contributed by atoms with Crippen LogP contribution in [0, 0.1) is 11.3 Å². The molecule has 0 aliphatic rings. The molecule has 0 unspecified atom stereocenters. The summed E-state index contributed by atoms with van der Waals surface area (Å²) >= 11 is 0. The lowest BCUT2D eigenvalue weighted by Gasteiger charge is -1.74. The van der Waals surface area contributed by atoms with Gasteiger partial charge in [-0.3, -0.25) is 4.79 Å². The van der Waals surface area contributed by atoms with E-state index >= 15 is 0 Å². The molecule has 0 aliphatic carbocycles. The summed E-state index contributed by atoms with van der Waals surface area (Å²) in [5.41, 5.74) is 0. The van der Waals surface area contributed by atoms with Crippen molar-refractivity contribution in [2.75, 3.05) is 0 Å². The zero-order valence-corrected chi connectivity index (χ0v) is 3.65. The van der Waals surface area contributed by atoms with Crippen LogP contribution in [0.3, 0.4) is 0 Å². The molecule has 0 aromatic rings. The van der Waals surface area contributed by atoms with Gasteiger partial charge in [0.05, 0.1) is 12.5 Å². The zero-order valence-electron chi connectivity index (χ0n) is 3.65. The van der Waals surface area contributed by atoms with Gasteiger partial charge in [-0.15, -0.1) is 0 Å². The molecule has 0 saturated heterocycles. The van der Waals surface area contributed by atoms with Crippen LogP contribution >= 0.6 is 0 Å². The first-order valence-electron chi connectivity index (χ1n) is 1.82. The van der Waals surface area contributed by atoms with Gasteiger partial charge < -0.3 is 0 Å². The van der Waals surface area contributed by atoms with Gasteiger partial charge >= 0.3 is 6.04 Å². The van der Waals surface area contributed by atoms with Crippen molar-refractivity contribution in [1.29, 1.82) is 5.26 Å². The fraction of sp³-hybridized carbons (Fsp3) is 0.500. The molecule has 0 radical (unpaired) electrons. The molecule has 0 bridgehead atoms. The Morgan fingerprint density at radius 1 is 1.86 bits per heavy atom. The summed E-state index contributed by atoms with van der Waals surface area (Å²) in [6.45, 7) is 0. The maximum absolute atomic E-state index is 11.1. The molecule has 0 rings (SSSR count). The number of nitrogens with zero attached hydrogens (tertiary/aromatic N) is 1. The molecule has 0 atom stereocenters. The topological polar surface area (TPSA) is 40.9 Å². The molecule has 0 saturated carbocycles. The monoisotopic (exact) mass is 101 g/mol. The molecule has 3 heteroatoms. The third-order valence-corrected chi connectivity index (χ3v) is 0.433. The molecule has 0 N–H and O–H groups in total. The average Bonchev–Trinajstić information content (AvgIpc) is 1.61. The smallest absolute Gasteiger partial charge is 0.261 e. The first-order chi connectivity index (χ1) is 3.27. The van der Waals surface area contributed by atoms with Crippen molar-refractivity contribution in [3.63, 3.8) is 0 Å². The Hall–Kier alpha value is -0.910. The summed E-state index contributed by atoms with van der Waals surface area (Å²) in [5.74, 6) is 0. The third kappa shape index (κ3) is 5.09. The van der Waals surface area contributed by atoms with E-state index in [-0.39, 0.29) is 12.8 Å². The maximum Gasteiger partial charge on any atom is 0.302 e. The number of carbonyl (C=O) groups is 1. The fourth-order valence-electron chi connectivity index (χ4n) is 0.154. The van der Waals surface area contributed by atoms with Crippen LogP contribution in [-0.2, 0) is 4.79 Å². The van der Waals surface area contributed by atoms with Crippen molar-refractivity contribution in [1.82, 2.24) is 0 Å². The maximum atomic E-state index is 11.1. The molecule has 2 nitrogen and oxygen atoms in total. The second-order valence-corrected chi connectivity index (χ2v) is 1.01. The quantitative estimate of drug-likeness (QED) is 0.482. The van der Waals surface area contributed by atoms with Crippen LogP contribution in [0.1, 0.15) is 12.8 Å². The highest BCUT2D eigenvalue weighted by molar-refractivity contribution is 5.67. The molecule has 38 valence electrons. The van der Waals surface area contributed by atoms with Gasteiger partial charge in [-0.25, -0.2) is 0 Å². The highest BCUT2D eigenvalue weighted by Gasteiger charge is 1.93. The number of carbonyl (C=O) groups excluding carboxylic acids is 1. The molecule has 7 heavy (non-hydrogen) atoms. The highest BCUT2D eigenvalue weighted by Crippen LogP contribution is 1.87. The number of rotatable bonds is 2. The summed E-state index contributed by atoms with van der Waals surface area (Å²) < 4.78 is 11.1. The Kier molecular flexibility index (Phi) is 2.86. The Labute approximate surface area is 40.6 Å². The first-order valence-corrected chi connectivity index (χ1v) is 1.82. The van der Waals surface area contributed by atoms with Crippen molar-refractivity contribution < 1.29 is 9.18 Å². The highest BCUT2D eigenvalue weighted by atomic mass is 19.1. The minimum absolute atomic E-state index is 0.0185. The molecular formula is C4H4FNO. The van der Waals surface area contributed by atoms with E-state index in [9.17, 15) is 9.18 Å². The third-order valence-electron chi connectivity index (χ3n) is 0.433. The van der Waals surface area contributed by atoms with Crippen LogP contribution in [0.15, 0.2) is 0 Å². The second-order valence-electron chi connectivity index (χ2n) is 1.01. The lowest BCUT2D eigenvalue weighted by Crippen LogP contribution is -1.83. The molecule has 0 amide bonds. The van der Waals surface area contributed by atoms with E-state index in [0.717, 1.165) is 0 Å². The van der Waals surface area contributed by atoms with Gasteiger partial charge in [0.25, 0.3) is 0 Å². The Balaban J connectivity index is 3.02. The van der Waals surface area contributed by atoms with Crippen LogP contribution in [0.5, 0.6) is 0 Å². The van der Waals surface area contributed by atoms with Crippen molar-refractivity contribution in [3.8, 4) is 6.07 Å². The van der Waals surface area contributed by atoms with Crippen molar-refractivity contribution in [2.45, 2.75) is 12.8 Å².